The highest BCUT2D eigenvalue weighted by atomic mass is 35.5. The van der Waals surface area contributed by atoms with Gasteiger partial charge in [-0.15, -0.1) is 0 Å². The molecule has 0 spiro atoms. The van der Waals surface area contributed by atoms with Crippen LogP contribution in [-0.4, -0.2) is 76.9 Å². The van der Waals surface area contributed by atoms with Crippen LogP contribution in [0, 0.1) is 0 Å². The van der Waals surface area contributed by atoms with Gasteiger partial charge in [-0.25, -0.2) is 4.98 Å². The number of aromatic nitrogens is 2. The summed E-state index contributed by atoms with van der Waals surface area (Å²) in [6.45, 7) is 4.50. The quantitative estimate of drug-likeness (QED) is 0.214. The van der Waals surface area contributed by atoms with E-state index in [2.05, 4.69) is 20.4 Å². The minimum Gasteiger partial charge on any atom is -0.345 e. The van der Waals surface area contributed by atoms with Gasteiger partial charge in [0.1, 0.15) is 11.4 Å². The van der Waals surface area contributed by atoms with Crippen molar-refractivity contribution < 1.29 is 18.7 Å². The number of amides is 2. The fourth-order valence-corrected chi connectivity index (χ4v) is 7.24. The van der Waals surface area contributed by atoms with E-state index in [1.54, 1.807) is 42.5 Å². The van der Waals surface area contributed by atoms with Crippen molar-refractivity contribution in [3.05, 3.63) is 52.6 Å². The lowest BCUT2D eigenvalue weighted by Crippen LogP contribution is -2.51. The maximum Gasteiger partial charge on any atom is 0.287 e. The molecule has 0 saturated heterocycles. The molecule has 0 radical (unpaired) electrons. The number of aliphatic imine (C=N–C) groups is 1. The van der Waals surface area contributed by atoms with Crippen LogP contribution in [0.4, 0.5) is 0 Å². The zero-order chi connectivity index (χ0) is 27.0. The van der Waals surface area contributed by atoms with Crippen LogP contribution < -0.4 is 11.2 Å². The summed E-state index contributed by atoms with van der Waals surface area (Å²) in [7, 11) is -1.74. The number of hydrogen-bond donors (Lipinski definition) is 4. The number of nitrogens with one attached hydrogen (secondary N) is 1. The first kappa shape index (κ1) is 27.1. The minimum atomic E-state index is -3.30. The molecule has 1 aromatic carbocycles. The molecule has 1 fully saturated rings. The number of nitrogens with zero attached hydrogens (tertiary/aromatic N) is 5. The Morgan fingerprint density at radius 3 is 2.57 bits per heavy atom. The molecule has 2 heterocycles. The summed E-state index contributed by atoms with van der Waals surface area (Å²) in [5.74, 6) is 4.99. The molecule has 200 valence electrons. The van der Waals surface area contributed by atoms with E-state index in [9.17, 15) is 18.7 Å². The molecule has 37 heavy (non-hydrogen) atoms. The van der Waals surface area contributed by atoms with Gasteiger partial charge in [-0.05, 0) is 44.4 Å². The Balaban J connectivity index is 1.47. The fourth-order valence-electron chi connectivity index (χ4n) is 4.63. The minimum absolute atomic E-state index is 0.158. The van der Waals surface area contributed by atoms with Crippen LogP contribution >= 0.6 is 22.2 Å². The van der Waals surface area contributed by atoms with Crippen molar-refractivity contribution in [2.24, 2.45) is 15.9 Å². The molecule has 2 amide bonds. The van der Waals surface area contributed by atoms with Gasteiger partial charge in [-0.1, -0.05) is 23.7 Å². The fraction of sp³-hybridized carbons (Fsp3) is 0.458. The average Bonchev–Trinajstić information content (AvgIpc) is 3.53. The normalized spacial score (nSPS) is 18.2. The zero-order valence-electron chi connectivity index (χ0n) is 21.0. The molecule has 2 aromatic rings. The molecule has 1 saturated carbocycles. The highest BCUT2D eigenvalue weighted by Gasteiger charge is 2.61. The first-order valence-electron chi connectivity index (χ1n) is 11.8. The number of fused-ring (bicyclic) bond motifs is 1. The van der Waals surface area contributed by atoms with Crippen LogP contribution in [-0.2, 0) is 13.1 Å². The van der Waals surface area contributed by atoms with Crippen molar-refractivity contribution in [1.82, 2.24) is 19.8 Å². The predicted molar refractivity (Wildman–Crippen MR) is 146 cm³/mol. The molecule has 13 heteroatoms. The SMILES string of the molecule is CN=C/C(=N\N)C(C)(C)S(O)(O)C1(CN2CCn3c(cnc3C(=O)NCc3ccc(Cl)cc3)C2=O)CC1. The lowest BCUT2D eigenvalue weighted by molar-refractivity contribution is 0.0696. The predicted octanol–water partition coefficient (Wildman–Crippen LogP) is 3.00. The summed E-state index contributed by atoms with van der Waals surface area (Å²) in [5, 5.41) is 7.17. The van der Waals surface area contributed by atoms with Crippen LogP contribution in [0.2, 0.25) is 5.02 Å². The summed E-state index contributed by atoms with van der Waals surface area (Å²) in [4.78, 5) is 35.9. The van der Waals surface area contributed by atoms with Crippen molar-refractivity contribution in [3.8, 4) is 0 Å². The number of rotatable bonds is 9. The number of benzene rings is 1. The van der Waals surface area contributed by atoms with Gasteiger partial charge in [-0.3, -0.25) is 23.7 Å². The zero-order valence-corrected chi connectivity index (χ0v) is 22.6. The summed E-state index contributed by atoms with van der Waals surface area (Å²) in [6.07, 6.45) is 3.93. The molecule has 0 unspecified atom stereocenters. The largest absolute Gasteiger partial charge is 0.345 e. The highest BCUT2D eigenvalue weighted by Crippen LogP contribution is 2.72. The molecule has 11 nitrogen and oxygen atoms in total. The van der Waals surface area contributed by atoms with E-state index >= 15 is 0 Å². The number of nitrogens with two attached hydrogens (primary N) is 1. The van der Waals surface area contributed by atoms with Crippen LogP contribution in [0.15, 0.2) is 40.6 Å². The number of carbonyl (C=O) groups is 2. The van der Waals surface area contributed by atoms with E-state index in [1.165, 1.54) is 12.4 Å². The van der Waals surface area contributed by atoms with Crippen molar-refractivity contribution in [2.45, 2.75) is 49.3 Å². The Hall–Kier alpha value is -2.93. The van der Waals surface area contributed by atoms with Crippen molar-refractivity contribution in [2.75, 3.05) is 20.1 Å². The third kappa shape index (κ3) is 4.86. The van der Waals surface area contributed by atoms with Gasteiger partial charge in [0.25, 0.3) is 11.8 Å². The third-order valence-corrected chi connectivity index (χ3v) is 10.8. The Bertz CT molecular complexity index is 1250. The monoisotopic (exact) mass is 549 g/mol. The first-order chi connectivity index (χ1) is 17.5. The van der Waals surface area contributed by atoms with Gasteiger partial charge >= 0.3 is 0 Å². The summed E-state index contributed by atoms with van der Waals surface area (Å²) in [5.41, 5.74) is 1.45. The van der Waals surface area contributed by atoms with Gasteiger partial charge in [0.2, 0.25) is 0 Å². The Kier molecular flexibility index (Phi) is 7.39. The van der Waals surface area contributed by atoms with Crippen LogP contribution in [0.25, 0.3) is 0 Å². The topological polar surface area (TPSA) is 158 Å². The number of halogens is 1. The maximum atomic E-state index is 13.3. The smallest absolute Gasteiger partial charge is 0.287 e. The maximum absolute atomic E-state index is 13.3. The van der Waals surface area contributed by atoms with Crippen LogP contribution in [0.5, 0.6) is 0 Å². The average molecular weight is 550 g/mol. The van der Waals surface area contributed by atoms with Gasteiger partial charge in [0, 0.05) is 44.5 Å². The lowest BCUT2D eigenvalue weighted by atomic mass is 10.1. The van der Waals surface area contributed by atoms with E-state index in [4.69, 9.17) is 17.4 Å². The summed E-state index contributed by atoms with van der Waals surface area (Å²) in [6, 6.07) is 7.14. The molecular formula is C24H32ClN7O4S. The molecule has 0 atom stereocenters. The van der Waals surface area contributed by atoms with Crippen molar-refractivity contribution in [3.63, 3.8) is 0 Å². The van der Waals surface area contributed by atoms with Gasteiger partial charge < -0.3 is 20.6 Å². The Morgan fingerprint density at radius 2 is 1.97 bits per heavy atom. The number of imidazole rings is 1. The van der Waals surface area contributed by atoms with Gasteiger partial charge in [0.15, 0.2) is 5.82 Å². The highest BCUT2D eigenvalue weighted by molar-refractivity contribution is 8.27. The number of carbonyl (C=O) groups excluding carboxylic acids is 2. The molecule has 4 rings (SSSR count). The van der Waals surface area contributed by atoms with Crippen LogP contribution in [0.3, 0.4) is 0 Å². The van der Waals surface area contributed by atoms with Gasteiger partial charge in [-0.2, -0.15) is 15.7 Å². The van der Waals surface area contributed by atoms with Crippen molar-refractivity contribution in [1.29, 1.82) is 0 Å². The second-order valence-electron chi connectivity index (χ2n) is 9.80. The second-order valence-corrected chi connectivity index (χ2v) is 13.2. The molecule has 1 aliphatic carbocycles. The van der Waals surface area contributed by atoms with E-state index in [-0.39, 0.29) is 35.6 Å². The third-order valence-electron chi connectivity index (χ3n) is 7.13. The van der Waals surface area contributed by atoms with E-state index in [0.29, 0.717) is 37.5 Å². The summed E-state index contributed by atoms with van der Waals surface area (Å²) >= 11 is 5.91. The molecule has 2 aliphatic rings. The first-order valence-corrected chi connectivity index (χ1v) is 13.8. The number of hydrazone groups is 1. The van der Waals surface area contributed by atoms with E-state index < -0.39 is 20.1 Å². The van der Waals surface area contributed by atoms with Crippen molar-refractivity contribution >= 4 is 45.9 Å². The molecule has 1 aromatic heterocycles. The molecule has 0 bridgehead atoms. The molecular weight excluding hydrogens is 518 g/mol. The Morgan fingerprint density at radius 1 is 1.30 bits per heavy atom. The lowest BCUT2D eigenvalue weighted by Gasteiger charge is -2.53. The standard InChI is InChI=1S/C24H32ClN7O4S/c1-23(2,19(30-26)14-27-3)37(35,36)24(8-9-24)15-31-10-11-32-18(22(31)34)13-28-20(32)21(33)29-12-16-4-6-17(25)7-5-16/h4-7,13-14,35-36H,8-12,15,26H2,1-3H3,(H,29,33)/b27-14?,30-19+. The molecule has 1 aliphatic heterocycles. The number of hydrogen-bond acceptors (Lipinski definition) is 8. The van der Waals surface area contributed by atoms with E-state index in [0.717, 1.165) is 5.56 Å². The second kappa shape index (κ2) is 10.1. The summed E-state index contributed by atoms with van der Waals surface area (Å²) < 4.78 is 22.5. The van der Waals surface area contributed by atoms with Crippen LogP contribution in [0.1, 0.15) is 53.4 Å². The Labute approximate surface area is 222 Å². The molecule has 5 N–H and O–H groups in total. The van der Waals surface area contributed by atoms with E-state index in [1.807, 2.05) is 12.1 Å². The van der Waals surface area contributed by atoms with Gasteiger partial charge in [0.05, 0.1) is 15.7 Å².